The number of Topliss-reactive ketones (excluding diaryl/α,β-unsaturated/α-hetero) is 1. The van der Waals surface area contributed by atoms with Gasteiger partial charge in [0.15, 0.2) is 5.78 Å². The quantitative estimate of drug-likeness (QED) is 0.687. The third-order valence-electron chi connectivity index (χ3n) is 4.14. The SMILES string of the molecule is O=C(c1ccccn1)C1CCCN(Cc2cc(C#CCO)cs2)C1. The molecule has 0 spiro atoms. The molecule has 3 rings (SSSR count). The van der Waals surface area contributed by atoms with Crippen LogP contribution in [0.5, 0.6) is 0 Å². The number of pyridine rings is 1. The molecular weight excluding hydrogens is 320 g/mol. The van der Waals surface area contributed by atoms with Crippen LogP contribution in [0.3, 0.4) is 0 Å². The van der Waals surface area contributed by atoms with Crippen molar-refractivity contribution in [2.45, 2.75) is 19.4 Å². The van der Waals surface area contributed by atoms with Crippen molar-refractivity contribution < 1.29 is 9.90 Å². The van der Waals surface area contributed by atoms with Gasteiger partial charge in [-0.05, 0) is 37.6 Å². The molecule has 1 fully saturated rings. The number of hydrogen-bond acceptors (Lipinski definition) is 5. The fraction of sp³-hybridized carbons (Fsp3) is 0.368. The summed E-state index contributed by atoms with van der Waals surface area (Å²) in [7, 11) is 0. The standard InChI is InChI=1S/C19H20N2O2S/c22-10-4-5-15-11-17(24-14-15)13-21-9-3-6-16(12-21)19(23)18-7-1-2-8-20-18/h1-2,7-8,11,14,16,22H,3,6,9-10,12-13H2. The van der Waals surface area contributed by atoms with Gasteiger partial charge in [0, 0.05) is 41.0 Å². The zero-order valence-corrected chi connectivity index (χ0v) is 14.3. The van der Waals surface area contributed by atoms with E-state index < -0.39 is 0 Å². The Morgan fingerprint density at radius 1 is 1.46 bits per heavy atom. The number of thiophene rings is 1. The van der Waals surface area contributed by atoms with Gasteiger partial charge in [-0.15, -0.1) is 11.3 Å². The second-order valence-electron chi connectivity index (χ2n) is 5.92. The van der Waals surface area contributed by atoms with Crippen molar-refractivity contribution in [1.29, 1.82) is 0 Å². The number of nitrogens with zero attached hydrogens (tertiary/aromatic N) is 2. The first kappa shape index (κ1) is 16.8. The average Bonchev–Trinajstić information content (AvgIpc) is 3.07. The molecule has 0 radical (unpaired) electrons. The smallest absolute Gasteiger partial charge is 0.185 e. The molecule has 0 saturated carbocycles. The van der Waals surface area contributed by atoms with Crippen molar-refractivity contribution in [2.24, 2.45) is 5.92 Å². The maximum atomic E-state index is 12.6. The molecule has 0 bridgehead atoms. The van der Waals surface area contributed by atoms with E-state index in [1.54, 1.807) is 23.6 Å². The van der Waals surface area contributed by atoms with Crippen LogP contribution in [-0.4, -0.2) is 40.5 Å². The van der Waals surface area contributed by atoms with E-state index in [0.717, 1.165) is 38.0 Å². The molecule has 4 nitrogen and oxygen atoms in total. The van der Waals surface area contributed by atoms with Crippen molar-refractivity contribution in [3.05, 3.63) is 52.0 Å². The summed E-state index contributed by atoms with van der Waals surface area (Å²) in [5, 5.41) is 10.8. The number of ketones is 1. The van der Waals surface area contributed by atoms with Crippen LogP contribution in [-0.2, 0) is 6.54 Å². The highest BCUT2D eigenvalue weighted by Crippen LogP contribution is 2.23. The first-order valence-electron chi connectivity index (χ1n) is 8.11. The molecule has 1 N–H and O–H groups in total. The third-order valence-corrected chi connectivity index (χ3v) is 5.06. The van der Waals surface area contributed by atoms with E-state index in [2.05, 4.69) is 27.8 Å². The minimum absolute atomic E-state index is 0.0299. The molecule has 3 heterocycles. The molecule has 1 saturated heterocycles. The predicted molar refractivity (Wildman–Crippen MR) is 94.9 cm³/mol. The number of aromatic nitrogens is 1. The number of aliphatic hydroxyl groups is 1. The van der Waals surface area contributed by atoms with E-state index in [9.17, 15) is 4.79 Å². The highest BCUT2D eigenvalue weighted by Gasteiger charge is 2.27. The Balaban J connectivity index is 1.61. The molecule has 0 amide bonds. The molecule has 2 aromatic rings. The lowest BCUT2D eigenvalue weighted by molar-refractivity contribution is 0.0807. The summed E-state index contributed by atoms with van der Waals surface area (Å²) in [5.74, 6) is 5.78. The molecular formula is C19H20N2O2S. The molecule has 1 unspecified atom stereocenters. The lowest BCUT2D eigenvalue weighted by Gasteiger charge is -2.31. The van der Waals surface area contributed by atoms with Gasteiger partial charge in [0.2, 0.25) is 0 Å². The van der Waals surface area contributed by atoms with Gasteiger partial charge in [-0.2, -0.15) is 0 Å². The molecule has 2 aromatic heterocycles. The van der Waals surface area contributed by atoms with Crippen LogP contribution in [0.2, 0.25) is 0 Å². The van der Waals surface area contributed by atoms with Crippen molar-refractivity contribution in [3.8, 4) is 11.8 Å². The normalized spacial score (nSPS) is 18.0. The Kier molecular flexibility index (Phi) is 5.76. The number of aliphatic hydroxyl groups excluding tert-OH is 1. The topological polar surface area (TPSA) is 53.4 Å². The van der Waals surface area contributed by atoms with E-state index in [-0.39, 0.29) is 18.3 Å². The van der Waals surface area contributed by atoms with Crippen LogP contribution in [0.4, 0.5) is 0 Å². The number of likely N-dealkylation sites (tertiary alicyclic amines) is 1. The highest BCUT2D eigenvalue weighted by molar-refractivity contribution is 7.10. The first-order chi connectivity index (χ1) is 11.8. The lowest BCUT2D eigenvalue weighted by atomic mass is 9.92. The van der Waals surface area contributed by atoms with Crippen LogP contribution in [0, 0.1) is 17.8 Å². The van der Waals surface area contributed by atoms with Gasteiger partial charge < -0.3 is 5.11 Å². The summed E-state index contributed by atoms with van der Waals surface area (Å²) in [6, 6.07) is 7.56. The summed E-state index contributed by atoms with van der Waals surface area (Å²) in [6.07, 6.45) is 3.64. The highest BCUT2D eigenvalue weighted by atomic mass is 32.1. The minimum Gasteiger partial charge on any atom is -0.384 e. The minimum atomic E-state index is -0.116. The van der Waals surface area contributed by atoms with E-state index in [1.807, 2.05) is 17.5 Å². The van der Waals surface area contributed by atoms with Crippen molar-refractivity contribution in [2.75, 3.05) is 19.7 Å². The van der Waals surface area contributed by atoms with Crippen LogP contribution < -0.4 is 0 Å². The molecule has 5 heteroatoms. The Bertz CT molecular complexity index is 745. The summed E-state index contributed by atoms with van der Waals surface area (Å²) in [4.78, 5) is 20.4. The zero-order chi connectivity index (χ0) is 16.8. The molecule has 1 atom stereocenters. The second kappa shape index (κ2) is 8.20. The predicted octanol–water partition coefficient (Wildman–Crippen LogP) is 2.58. The first-order valence-corrected chi connectivity index (χ1v) is 8.99. The summed E-state index contributed by atoms with van der Waals surface area (Å²) >= 11 is 1.68. The number of rotatable bonds is 4. The number of carbonyl (C=O) groups is 1. The molecule has 0 aromatic carbocycles. The van der Waals surface area contributed by atoms with Crippen LogP contribution in [0.15, 0.2) is 35.8 Å². The van der Waals surface area contributed by atoms with Crippen molar-refractivity contribution >= 4 is 17.1 Å². The van der Waals surface area contributed by atoms with Gasteiger partial charge in [-0.25, -0.2) is 0 Å². The van der Waals surface area contributed by atoms with E-state index in [1.165, 1.54) is 4.88 Å². The van der Waals surface area contributed by atoms with Gasteiger partial charge in [0.25, 0.3) is 0 Å². The van der Waals surface area contributed by atoms with Gasteiger partial charge in [-0.3, -0.25) is 14.7 Å². The maximum absolute atomic E-state index is 12.6. The Labute approximate surface area is 146 Å². The van der Waals surface area contributed by atoms with Gasteiger partial charge in [-0.1, -0.05) is 17.9 Å². The second-order valence-corrected chi connectivity index (χ2v) is 6.91. The Morgan fingerprint density at radius 3 is 3.17 bits per heavy atom. The maximum Gasteiger partial charge on any atom is 0.185 e. The molecule has 0 aliphatic carbocycles. The van der Waals surface area contributed by atoms with Crippen LogP contribution in [0.25, 0.3) is 0 Å². The van der Waals surface area contributed by atoms with Gasteiger partial charge in [0.1, 0.15) is 12.3 Å². The largest absolute Gasteiger partial charge is 0.384 e. The Hall–Kier alpha value is -2.00. The number of hydrogen-bond donors (Lipinski definition) is 1. The summed E-state index contributed by atoms with van der Waals surface area (Å²) in [5.41, 5.74) is 1.52. The molecule has 124 valence electrons. The third kappa shape index (κ3) is 4.30. The monoisotopic (exact) mass is 340 g/mol. The van der Waals surface area contributed by atoms with Gasteiger partial charge >= 0.3 is 0 Å². The number of carbonyl (C=O) groups excluding carboxylic acids is 1. The Morgan fingerprint density at radius 2 is 2.38 bits per heavy atom. The zero-order valence-electron chi connectivity index (χ0n) is 13.4. The van der Waals surface area contributed by atoms with Crippen molar-refractivity contribution in [3.63, 3.8) is 0 Å². The molecule has 1 aliphatic heterocycles. The van der Waals surface area contributed by atoms with Crippen LogP contribution >= 0.6 is 11.3 Å². The average molecular weight is 340 g/mol. The fourth-order valence-electron chi connectivity index (χ4n) is 3.02. The fourth-order valence-corrected chi connectivity index (χ4v) is 3.88. The van der Waals surface area contributed by atoms with Crippen LogP contribution in [0.1, 0.15) is 33.8 Å². The van der Waals surface area contributed by atoms with Crippen molar-refractivity contribution in [1.82, 2.24) is 9.88 Å². The molecule has 1 aliphatic rings. The van der Waals surface area contributed by atoms with E-state index in [4.69, 9.17) is 5.11 Å². The summed E-state index contributed by atoms with van der Waals surface area (Å²) < 4.78 is 0. The lowest BCUT2D eigenvalue weighted by Crippen LogP contribution is -2.38. The molecule has 24 heavy (non-hydrogen) atoms. The van der Waals surface area contributed by atoms with E-state index >= 15 is 0 Å². The van der Waals surface area contributed by atoms with E-state index in [0.29, 0.717) is 5.69 Å². The number of piperidine rings is 1. The van der Waals surface area contributed by atoms with Gasteiger partial charge in [0.05, 0.1) is 0 Å². The summed E-state index contributed by atoms with van der Waals surface area (Å²) in [6.45, 7) is 2.53.